The van der Waals surface area contributed by atoms with Crippen molar-refractivity contribution in [3.05, 3.63) is 0 Å². The van der Waals surface area contributed by atoms with Crippen LogP contribution in [0.1, 0.15) is 33.6 Å². The van der Waals surface area contributed by atoms with E-state index in [1.165, 1.54) is 0 Å². The summed E-state index contributed by atoms with van der Waals surface area (Å²) in [4.78, 5) is 16.7. The van der Waals surface area contributed by atoms with Crippen molar-refractivity contribution in [2.75, 3.05) is 39.3 Å². The van der Waals surface area contributed by atoms with Crippen LogP contribution >= 0.6 is 0 Å². The third-order valence-electron chi connectivity index (χ3n) is 3.78. The van der Waals surface area contributed by atoms with Crippen LogP contribution in [0.4, 0.5) is 0 Å². The Kier molecular flexibility index (Phi) is 5.40. The Morgan fingerprint density at radius 1 is 1.24 bits per heavy atom. The molecule has 1 amide bonds. The van der Waals surface area contributed by atoms with Crippen LogP contribution in [0.5, 0.6) is 0 Å². The molecule has 0 unspecified atom stereocenters. The van der Waals surface area contributed by atoms with Crippen molar-refractivity contribution in [1.82, 2.24) is 9.80 Å². The number of nitrogens with two attached hydrogens (primary N) is 1. The maximum Gasteiger partial charge on any atom is 0.228 e. The molecule has 100 valence electrons. The normalized spacial score (nSPS) is 19.2. The van der Waals surface area contributed by atoms with E-state index in [1.54, 1.807) is 0 Å². The molecule has 0 aliphatic carbocycles. The Hall–Kier alpha value is -0.610. The third kappa shape index (κ3) is 3.96. The van der Waals surface area contributed by atoms with E-state index >= 15 is 0 Å². The predicted molar refractivity (Wildman–Crippen MR) is 70.8 cm³/mol. The highest BCUT2D eigenvalue weighted by molar-refractivity contribution is 5.81. The molecule has 1 aliphatic heterocycles. The van der Waals surface area contributed by atoms with Gasteiger partial charge in [0.2, 0.25) is 5.91 Å². The summed E-state index contributed by atoms with van der Waals surface area (Å²) in [6.45, 7) is 11.6. The van der Waals surface area contributed by atoms with Crippen molar-refractivity contribution in [1.29, 1.82) is 0 Å². The molecule has 1 rings (SSSR count). The van der Waals surface area contributed by atoms with E-state index in [9.17, 15) is 4.79 Å². The van der Waals surface area contributed by atoms with Crippen molar-refractivity contribution in [3.8, 4) is 0 Å². The van der Waals surface area contributed by atoms with Gasteiger partial charge in [-0.05, 0) is 19.4 Å². The van der Waals surface area contributed by atoms with Crippen molar-refractivity contribution >= 4 is 5.91 Å². The van der Waals surface area contributed by atoms with E-state index < -0.39 is 0 Å². The van der Waals surface area contributed by atoms with Crippen molar-refractivity contribution < 1.29 is 4.79 Å². The zero-order valence-electron chi connectivity index (χ0n) is 11.5. The summed E-state index contributed by atoms with van der Waals surface area (Å²) in [5, 5.41) is 0. The molecule has 1 fully saturated rings. The van der Waals surface area contributed by atoms with Crippen LogP contribution in [-0.2, 0) is 4.79 Å². The van der Waals surface area contributed by atoms with Gasteiger partial charge in [-0.2, -0.15) is 0 Å². The van der Waals surface area contributed by atoms with Gasteiger partial charge in [-0.3, -0.25) is 4.79 Å². The molecule has 17 heavy (non-hydrogen) atoms. The molecule has 0 radical (unpaired) electrons. The Balaban J connectivity index is 2.54. The number of nitrogens with zero attached hydrogens (tertiary/aromatic N) is 2. The fourth-order valence-corrected chi connectivity index (χ4v) is 2.16. The maximum atomic E-state index is 12.4. The minimum Gasteiger partial charge on any atom is -0.341 e. The van der Waals surface area contributed by atoms with Crippen LogP contribution < -0.4 is 5.73 Å². The van der Waals surface area contributed by atoms with Crippen LogP contribution in [0.15, 0.2) is 0 Å². The summed E-state index contributed by atoms with van der Waals surface area (Å²) in [5.41, 5.74) is 5.35. The smallest absolute Gasteiger partial charge is 0.228 e. The fraction of sp³-hybridized carbons (Fsp3) is 0.923. The second-order valence-electron chi connectivity index (χ2n) is 5.51. The van der Waals surface area contributed by atoms with Crippen LogP contribution in [0.2, 0.25) is 0 Å². The van der Waals surface area contributed by atoms with E-state index in [-0.39, 0.29) is 5.41 Å². The van der Waals surface area contributed by atoms with Gasteiger partial charge in [0.05, 0.1) is 0 Å². The monoisotopic (exact) mass is 241 g/mol. The van der Waals surface area contributed by atoms with Gasteiger partial charge in [-0.1, -0.05) is 20.8 Å². The van der Waals surface area contributed by atoms with Crippen LogP contribution in [0, 0.1) is 5.41 Å². The minimum absolute atomic E-state index is 0.219. The molecule has 1 aliphatic rings. The number of rotatable bonds is 4. The van der Waals surface area contributed by atoms with Gasteiger partial charge < -0.3 is 15.5 Å². The molecule has 0 aromatic carbocycles. The summed E-state index contributed by atoms with van der Waals surface area (Å²) in [6, 6.07) is 0. The van der Waals surface area contributed by atoms with E-state index in [0.29, 0.717) is 12.5 Å². The molecule has 0 saturated carbocycles. The lowest BCUT2D eigenvalue weighted by molar-refractivity contribution is -0.140. The molecule has 4 heteroatoms. The SMILES string of the molecule is CCC(C)(C)C(=O)N1CCCN(CCN)CC1. The molecule has 0 aromatic rings. The average Bonchev–Trinajstić information content (AvgIpc) is 2.54. The molecular formula is C13H27N3O. The van der Waals surface area contributed by atoms with Gasteiger partial charge in [0.1, 0.15) is 0 Å². The minimum atomic E-state index is -0.219. The first-order valence-corrected chi connectivity index (χ1v) is 6.73. The lowest BCUT2D eigenvalue weighted by atomic mass is 9.88. The van der Waals surface area contributed by atoms with Crippen molar-refractivity contribution in [3.63, 3.8) is 0 Å². The standard InChI is InChI=1S/C13H27N3O/c1-4-13(2,3)12(17)16-8-5-7-15(9-6-14)10-11-16/h4-11,14H2,1-3H3. The largest absolute Gasteiger partial charge is 0.341 e. The lowest BCUT2D eigenvalue weighted by Gasteiger charge is -2.30. The van der Waals surface area contributed by atoms with E-state index in [1.807, 2.05) is 18.7 Å². The topological polar surface area (TPSA) is 49.6 Å². The van der Waals surface area contributed by atoms with Crippen LogP contribution in [0.3, 0.4) is 0 Å². The van der Waals surface area contributed by atoms with Gasteiger partial charge in [0, 0.05) is 38.1 Å². The first-order chi connectivity index (χ1) is 8.01. The number of carbonyl (C=O) groups excluding carboxylic acids is 1. The van der Waals surface area contributed by atoms with Gasteiger partial charge in [0.15, 0.2) is 0 Å². The molecule has 1 saturated heterocycles. The first kappa shape index (κ1) is 14.5. The average molecular weight is 241 g/mol. The van der Waals surface area contributed by atoms with E-state index in [0.717, 1.165) is 45.6 Å². The second-order valence-corrected chi connectivity index (χ2v) is 5.51. The number of hydrogen-bond acceptors (Lipinski definition) is 3. The van der Waals surface area contributed by atoms with Gasteiger partial charge in [-0.25, -0.2) is 0 Å². The molecule has 4 nitrogen and oxygen atoms in total. The lowest BCUT2D eigenvalue weighted by Crippen LogP contribution is -2.42. The number of hydrogen-bond donors (Lipinski definition) is 1. The highest BCUT2D eigenvalue weighted by Gasteiger charge is 2.30. The molecular weight excluding hydrogens is 214 g/mol. The summed E-state index contributed by atoms with van der Waals surface area (Å²) in [5.74, 6) is 0.301. The highest BCUT2D eigenvalue weighted by Crippen LogP contribution is 2.23. The highest BCUT2D eigenvalue weighted by atomic mass is 16.2. The Bertz CT molecular complexity index is 253. The Labute approximate surface area is 105 Å². The molecule has 0 spiro atoms. The quantitative estimate of drug-likeness (QED) is 0.796. The summed E-state index contributed by atoms with van der Waals surface area (Å²) >= 11 is 0. The zero-order chi connectivity index (χ0) is 12.9. The van der Waals surface area contributed by atoms with Crippen LogP contribution in [-0.4, -0.2) is 55.0 Å². The Morgan fingerprint density at radius 2 is 1.94 bits per heavy atom. The van der Waals surface area contributed by atoms with Gasteiger partial charge >= 0.3 is 0 Å². The van der Waals surface area contributed by atoms with Crippen molar-refractivity contribution in [2.45, 2.75) is 33.6 Å². The summed E-state index contributed by atoms with van der Waals surface area (Å²) in [6.07, 6.45) is 1.96. The van der Waals surface area contributed by atoms with Gasteiger partial charge in [0.25, 0.3) is 0 Å². The molecule has 0 atom stereocenters. The van der Waals surface area contributed by atoms with Crippen molar-refractivity contribution in [2.24, 2.45) is 11.1 Å². The number of carbonyl (C=O) groups is 1. The summed E-state index contributed by atoms with van der Waals surface area (Å²) in [7, 11) is 0. The molecule has 2 N–H and O–H groups in total. The van der Waals surface area contributed by atoms with Gasteiger partial charge in [-0.15, -0.1) is 0 Å². The van der Waals surface area contributed by atoms with E-state index in [2.05, 4.69) is 11.8 Å². The molecule has 0 bridgehead atoms. The molecule has 0 aromatic heterocycles. The first-order valence-electron chi connectivity index (χ1n) is 6.73. The third-order valence-corrected chi connectivity index (χ3v) is 3.78. The Morgan fingerprint density at radius 3 is 2.53 bits per heavy atom. The fourth-order valence-electron chi connectivity index (χ4n) is 2.16. The van der Waals surface area contributed by atoms with Crippen LogP contribution in [0.25, 0.3) is 0 Å². The maximum absolute atomic E-state index is 12.4. The molecule has 1 heterocycles. The van der Waals surface area contributed by atoms with E-state index in [4.69, 9.17) is 5.73 Å². The second kappa shape index (κ2) is 6.36. The summed E-state index contributed by atoms with van der Waals surface area (Å²) < 4.78 is 0. The predicted octanol–water partition coefficient (Wildman–Crippen LogP) is 0.916. The number of amides is 1. The zero-order valence-corrected chi connectivity index (χ0v) is 11.5.